The summed E-state index contributed by atoms with van der Waals surface area (Å²) in [7, 11) is 3.75. The standard InChI is InChI=1S/3C18H21NO3.C17H18O4.C16H24O2Si.C10H8O2.C7H6O2.C3H4O.CH2O3.2K.H/c3*1-13-7-3-5-9-15(13)22-17-14-8-4-6-10-16(14)21-12-18(17,20)11-19-2;1-12-6-2-4-8-14(12)21-16-13-7-3-5-9-15(13)20-11-17(16,19)10-18;1-16(2,3)19(4,5)18-12-13-10-14-8-6-7-9-15(14)17-11-13;11-6-8-5-9-3-1-2-4-10(9)12-7-8;8-5-6-3-1-2-4-7(6)9;1-2-3-4;2-1-4-3;;;/h3*3-10,17,19-20H,11-12H2,1-2H3;2-9,16,18-19H,10-11H2,1H3;6-10H,11-12H2,1-5H3;1-6H,7H2;1-5,9H;2-3H,1H2;1,3H;;;/q;;;;;;;;;2*+1;-1/p-1/t3*17-,18-;16-,17-;;;;;;;;/m1000......../s1. The minimum Gasteiger partial charge on any atom is -1.00 e. The van der Waals surface area contributed by atoms with Gasteiger partial charge in [0.05, 0.1) is 18.8 Å². The Bertz CT molecular complexity index is 5450. The van der Waals surface area contributed by atoms with Crippen LogP contribution in [-0.2, 0) is 23.7 Å². The summed E-state index contributed by atoms with van der Waals surface area (Å²) in [6.07, 6.45) is 5.22. The second kappa shape index (κ2) is 56.3. The molecule has 0 aromatic heterocycles. The molecule has 0 unspecified atom stereocenters. The summed E-state index contributed by atoms with van der Waals surface area (Å²) in [5, 5.41) is 79.9. The SMILES string of the molecule is C=CC=O.CC(C)(C)[Si](C)(C)OCC1=Cc2ccccc2OC1.CNC[C@@]1(O)COc2ccccc2[C@H]1Oc1ccccc1C.CNC[C@]1(O)COc2ccccc2[C@@H]1Oc1ccccc1C.CNC[C@]1(O)COc2ccccc2[C@@H]1Oc1ccccc1C.Cc1ccccc1O[C@H]1c2ccccc2OC[C@@]1(O)CO.O=CC1=Cc2ccccc2OC1.O=CO[O-].O=Cc1ccccc1O.[H-].[K+].[K+]. The summed E-state index contributed by atoms with van der Waals surface area (Å²) in [6.45, 7) is 25.3. The van der Waals surface area contributed by atoms with E-state index < -0.39 is 61.7 Å². The van der Waals surface area contributed by atoms with E-state index >= 15 is 0 Å². The third-order valence-electron chi connectivity index (χ3n) is 22.9. The van der Waals surface area contributed by atoms with Crippen molar-refractivity contribution in [1.82, 2.24) is 16.0 Å². The van der Waals surface area contributed by atoms with Gasteiger partial charge in [-0.3, -0.25) is 19.2 Å². The van der Waals surface area contributed by atoms with Gasteiger partial charge in [0.15, 0.2) is 61.4 Å². The second-order valence-electron chi connectivity index (χ2n) is 34.1. The molecular weight excluding hydrogens is 1810 g/mol. The molecule has 0 saturated carbocycles. The molecule has 0 fully saturated rings. The molecule has 26 nitrogen and oxygen atoms in total. The molecule has 8 atom stereocenters. The molecule has 0 aliphatic carbocycles. The smallest absolute Gasteiger partial charge is 1.00 e. The Morgan fingerprint density at radius 2 is 0.723 bits per heavy atom. The summed E-state index contributed by atoms with van der Waals surface area (Å²) in [6, 6.07) is 83.8. The number of rotatable bonds is 22. The van der Waals surface area contributed by atoms with Gasteiger partial charge >= 0.3 is 103 Å². The Kier molecular flexibility index (Phi) is 46.9. The van der Waals surface area contributed by atoms with Gasteiger partial charge in [-0.1, -0.05) is 221 Å². The fourth-order valence-electron chi connectivity index (χ4n) is 14.5. The second-order valence-corrected chi connectivity index (χ2v) is 38.9. The molecule has 11 aromatic carbocycles. The molecular formula is C108H125K2N3O23Si. The molecule has 0 radical (unpaired) electrons. The molecule has 716 valence electrons. The normalized spacial score (nSPS) is 19.3. The van der Waals surface area contributed by atoms with E-state index in [1.54, 1.807) is 18.2 Å². The first kappa shape index (κ1) is 114. The van der Waals surface area contributed by atoms with Gasteiger partial charge in [0, 0.05) is 58.6 Å². The number of carbonyl (C=O) groups is 4. The number of allylic oxidation sites excluding steroid dienone is 1. The number of aromatic hydroxyl groups is 1. The zero-order valence-corrected chi connectivity index (χ0v) is 87.6. The Labute approximate surface area is 890 Å². The number of phenols is 1. The summed E-state index contributed by atoms with van der Waals surface area (Å²) in [5.41, 5.74) is 7.00. The van der Waals surface area contributed by atoms with Crippen LogP contribution >= 0.6 is 0 Å². The maximum atomic E-state index is 11.0. The van der Waals surface area contributed by atoms with Crippen LogP contribution in [0, 0.1) is 27.7 Å². The number of ether oxygens (including phenoxy) is 10. The van der Waals surface area contributed by atoms with Gasteiger partial charge in [0.1, 0.15) is 115 Å². The molecule has 0 saturated heterocycles. The third kappa shape index (κ3) is 32.3. The molecule has 6 aliphatic rings. The first-order valence-corrected chi connectivity index (χ1v) is 47.0. The summed E-state index contributed by atoms with van der Waals surface area (Å²) >= 11 is 0. The summed E-state index contributed by atoms with van der Waals surface area (Å²) in [4.78, 5) is 40.8. The summed E-state index contributed by atoms with van der Waals surface area (Å²) in [5.74, 6) is 7.84. The first-order valence-electron chi connectivity index (χ1n) is 44.1. The third-order valence-corrected chi connectivity index (χ3v) is 27.3. The topological polar surface area (TPSA) is 360 Å². The molecule has 11 aromatic rings. The van der Waals surface area contributed by atoms with Crippen LogP contribution in [0.1, 0.15) is 113 Å². The van der Waals surface area contributed by atoms with Gasteiger partial charge in [-0.25, -0.2) is 0 Å². The fraction of sp³-hybridized carbons (Fsp3) is 0.296. The predicted octanol–water partition coefficient (Wildman–Crippen LogP) is 9.88. The minimum absolute atomic E-state index is 0. The van der Waals surface area contributed by atoms with Crippen molar-refractivity contribution in [3.63, 3.8) is 0 Å². The van der Waals surface area contributed by atoms with Crippen LogP contribution in [0.2, 0.25) is 18.1 Å². The Hall–Kier alpha value is -9.99. The van der Waals surface area contributed by atoms with E-state index in [1.807, 2.05) is 292 Å². The largest absolute Gasteiger partial charge is 1.00 e. The Morgan fingerprint density at radius 1 is 0.431 bits per heavy atom. The molecule has 9 N–H and O–H groups in total. The number of hydrogen-bond acceptors (Lipinski definition) is 26. The number of fused-ring (bicyclic) bond motifs is 6. The van der Waals surface area contributed by atoms with E-state index in [0.717, 1.165) is 108 Å². The van der Waals surface area contributed by atoms with Crippen molar-refractivity contribution in [3.05, 3.63) is 352 Å². The van der Waals surface area contributed by atoms with Gasteiger partial charge in [-0.2, -0.15) is 0 Å². The number of phenolic OH excluding ortho intramolecular Hbond substituents is 1. The number of para-hydroxylation sites is 11. The number of carbonyl (C=O) groups excluding carboxylic acids is 4. The molecule has 6 aliphatic heterocycles. The van der Waals surface area contributed by atoms with E-state index in [1.165, 1.54) is 17.7 Å². The van der Waals surface area contributed by atoms with E-state index in [0.29, 0.717) is 74.7 Å². The minimum atomic E-state index is -1.68. The first-order chi connectivity index (χ1) is 64.9. The summed E-state index contributed by atoms with van der Waals surface area (Å²) < 4.78 is 64.7. The van der Waals surface area contributed by atoms with Crippen molar-refractivity contribution in [1.29, 1.82) is 0 Å². The molecule has 0 bridgehead atoms. The van der Waals surface area contributed by atoms with E-state index in [-0.39, 0.29) is 148 Å². The number of aldehydes is 3. The average molecular weight is 1940 g/mol. The van der Waals surface area contributed by atoms with Crippen LogP contribution < -0.4 is 171 Å². The number of likely N-dealkylation sites (N-methyl/N-ethyl adjacent to an activating group) is 3. The quantitative estimate of drug-likeness (QED) is 0.0100. The molecule has 0 spiro atoms. The maximum absolute atomic E-state index is 11.0. The van der Waals surface area contributed by atoms with Crippen LogP contribution in [0.25, 0.3) is 12.2 Å². The fourth-order valence-corrected chi connectivity index (χ4v) is 15.5. The average Bonchev–Trinajstić information content (AvgIpc) is 0.749. The number of nitrogens with one attached hydrogen (secondary N) is 3. The Balaban J connectivity index is 0.000000246. The van der Waals surface area contributed by atoms with Crippen LogP contribution in [0.15, 0.2) is 291 Å². The van der Waals surface area contributed by atoms with Gasteiger partial charge in [0.2, 0.25) is 0 Å². The van der Waals surface area contributed by atoms with Gasteiger partial charge in [-0.15, -0.1) is 0 Å². The van der Waals surface area contributed by atoms with Crippen LogP contribution in [0.4, 0.5) is 0 Å². The van der Waals surface area contributed by atoms with Crippen LogP contribution in [-0.4, -0.2) is 180 Å². The van der Waals surface area contributed by atoms with E-state index in [2.05, 4.69) is 73.4 Å². The molecule has 0 amide bonds. The Morgan fingerprint density at radius 3 is 1.02 bits per heavy atom. The predicted molar refractivity (Wildman–Crippen MR) is 522 cm³/mol. The van der Waals surface area contributed by atoms with Crippen LogP contribution in [0.5, 0.6) is 63.2 Å². The zero-order chi connectivity index (χ0) is 97.6. The van der Waals surface area contributed by atoms with Crippen molar-refractivity contribution in [3.8, 4) is 63.2 Å². The monoisotopic (exact) mass is 1940 g/mol. The van der Waals surface area contributed by atoms with Crippen molar-refractivity contribution >= 4 is 45.8 Å². The zero-order valence-electron chi connectivity index (χ0n) is 81.4. The van der Waals surface area contributed by atoms with Crippen molar-refractivity contribution < 1.29 is 216 Å². The molecule has 137 heavy (non-hydrogen) atoms. The molecule has 6 heterocycles. The maximum Gasteiger partial charge on any atom is 1.00 e. The van der Waals surface area contributed by atoms with Crippen molar-refractivity contribution in [2.45, 2.75) is 113 Å². The van der Waals surface area contributed by atoms with E-state index in [9.17, 15) is 35.1 Å². The number of aliphatic hydroxyl groups is 5. The molecule has 29 heteroatoms. The number of hydrogen-bond donors (Lipinski definition) is 9. The number of aryl methyl sites for hydroxylation is 4. The van der Waals surface area contributed by atoms with Gasteiger partial charge < -0.3 is 110 Å². The molecule has 17 rings (SSSR count). The van der Waals surface area contributed by atoms with Crippen LogP contribution in [0.3, 0.4) is 0 Å². The number of benzene rings is 11. The van der Waals surface area contributed by atoms with E-state index in [4.69, 9.17) is 71.7 Å². The van der Waals surface area contributed by atoms with Crippen molar-refractivity contribution in [2.75, 3.05) is 93.6 Å². The van der Waals surface area contributed by atoms with Crippen molar-refractivity contribution in [2.24, 2.45) is 0 Å². The van der Waals surface area contributed by atoms with Gasteiger partial charge in [0.25, 0.3) is 6.47 Å². The number of aliphatic hydroxyl groups excluding tert-OH is 1. The van der Waals surface area contributed by atoms with Gasteiger partial charge in [-0.05, 0) is 186 Å².